The third-order valence-corrected chi connectivity index (χ3v) is 6.72. The van der Waals surface area contributed by atoms with Crippen molar-refractivity contribution in [3.8, 4) is 11.4 Å². The van der Waals surface area contributed by atoms with E-state index in [1.165, 1.54) is 0 Å². The fourth-order valence-corrected chi connectivity index (χ4v) is 5.17. The van der Waals surface area contributed by atoms with Crippen molar-refractivity contribution in [1.82, 2.24) is 14.9 Å². The molecular weight excluding hydrogens is 460 g/mol. The van der Waals surface area contributed by atoms with Gasteiger partial charge in [-0.25, -0.2) is 4.79 Å². The van der Waals surface area contributed by atoms with Gasteiger partial charge in [0.15, 0.2) is 5.11 Å². The predicted octanol–water partition coefficient (Wildman–Crippen LogP) is 5.07. The molecule has 0 saturated carbocycles. The first-order valence-corrected chi connectivity index (χ1v) is 11.6. The summed E-state index contributed by atoms with van der Waals surface area (Å²) in [5.74, 6) is -0.818. The maximum atomic E-state index is 11.3. The average molecular weight is 485 g/mol. The van der Waals surface area contributed by atoms with E-state index in [1.54, 1.807) is 30.5 Å². The van der Waals surface area contributed by atoms with E-state index in [9.17, 15) is 15.0 Å². The van der Waals surface area contributed by atoms with Crippen LogP contribution in [0.1, 0.15) is 45.1 Å². The molecule has 0 amide bonds. The Morgan fingerprint density at radius 1 is 1.03 bits per heavy atom. The summed E-state index contributed by atoms with van der Waals surface area (Å²) in [4.78, 5) is 17.8. The minimum absolute atomic E-state index is 0.140. The van der Waals surface area contributed by atoms with Crippen molar-refractivity contribution in [3.05, 3.63) is 107 Å². The number of pyridine rings is 1. The number of thiocarbonyl (C=S) groups is 1. The van der Waals surface area contributed by atoms with Crippen molar-refractivity contribution in [2.24, 2.45) is 0 Å². The molecule has 0 radical (unpaired) electrons. The van der Waals surface area contributed by atoms with E-state index >= 15 is 0 Å². The van der Waals surface area contributed by atoms with Crippen LogP contribution in [0.5, 0.6) is 5.75 Å². The van der Waals surface area contributed by atoms with E-state index in [2.05, 4.69) is 20.9 Å². The highest BCUT2D eigenvalue weighted by molar-refractivity contribution is 7.80. The number of aromatic hydroxyl groups is 1. The van der Waals surface area contributed by atoms with Crippen LogP contribution in [0, 0.1) is 13.8 Å². The van der Waals surface area contributed by atoms with Gasteiger partial charge in [0.1, 0.15) is 5.75 Å². The van der Waals surface area contributed by atoms with Gasteiger partial charge < -0.3 is 25.0 Å². The first-order chi connectivity index (χ1) is 16.9. The van der Waals surface area contributed by atoms with Gasteiger partial charge in [0.05, 0.1) is 29.0 Å². The van der Waals surface area contributed by atoms with Gasteiger partial charge >= 0.3 is 5.97 Å². The third-order valence-electron chi connectivity index (χ3n) is 6.40. The van der Waals surface area contributed by atoms with Gasteiger partial charge in [0.25, 0.3) is 0 Å². The molecular formula is C27H24N4O3S. The molecule has 0 bridgehead atoms. The molecule has 5 rings (SSSR count). The highest BCUT2D eigenvalue weighted by Crippen LogP contribution is 2.45. The first kappa shape index (κ1) is 22.6. The van der Waals surface area contributed by atoms with Gasteiger partial charge in [-0.3, -0.25) is 4.98 Å². The van der Waals surface area contributed by atoms with Gasteiger partial charge in [0, 0.05) is 23.3 Å². The van der Waals surface area contributed by atoms with Crippen molar-refractivity contribution < 1.29 is 15.0 Å². The maximum Gasteiger partial charge on any atom is 0.335 e. The summed E-state index contributed by atoms with van der Waals surface area (Å²) in [7, 11) is 0. The van der Waals surface area contributed by atoms with Crippen LogP contribution in [0.25, 0.3) is 5.69 Å². The molecule has 3 N–H and O–H groups in total. The Morgan fingerprint density at radius 2 is 1.74 bits per heavy atom. The van der Waals surface area contributed by atoms with Crippen molar-refractivity contribution in [1.29, 1.82) is 0 Å². The standard InChI is InChI=1S/C27H24N4O3S/c1-16-15-20(17(2)30(16)19-12-10-18(11-13-19)26(33)34)25-24(21-7-5-6-14-28-21)29-27(35)31(25)22-8-3-4-9-23(22)32/h3-15,24-25,32H,1-2H3,(H,29,35)(H,33,34)/t24-,25+/m1/s1. The molecule has 7 nitrogen and oxygen atoms in total. The molecule has 0 spiro atoms. The molecule has 4 aromatic rings. The van der Waals surface area contributed by atoms with E-state index in [0.717, 1.165) is 28.3 Å². The molecule has 2 aromatic heterocycles. The smallest absolute Gasteiger partial charge is 0.335 e. The number of para-hydroxylation sites is 2. The van der Waals surface area contributed by atoms with Crippen LogP contribution in [-0.2, 0) is 0 Å². The summed E-state index contributed by atoms with van der Waals surface area (Å²) in [5.41, 5.74) is 5.57. The quantitative estimate of drug-likeness (QED) is 0.341. The molecule has 1 saturated heterocycles. The zero-order valence-corrected chi connectivity index (χ0v) is 20.0. The Morgan fingerprint density at radius 3 is 2.40 bits per heavy atom. The number of aromatic carboxylic acids is 1. The van der Waals surface area contributed by atoms with Crippen molar-refractivity contribution in [3.63, 3.8) is 0 Å². The molecule has 1 aliphatic rings. The fourth-order valence-electron chi connectivity index (χ4n) is 4.84. The van der Waals surface area contributed by atoms with Crippen molar-refractivity contribution in [2.45, 2.75) is 25.9 Å². The molecule has 1 fully saturated rings. The number of nitrogens with one attached hydrogen (secondary N) is 1. The number of anilines is 1. The van der Waals surface area contributed by atoms with Crippen LogP contribution in [-0.4, -0.2) is 30.8 Å². The van der Waals surface area contributed by atoms with Crippen LogP contribution in [0.2, 0.25) is 0 Å². The number of benzene rings is 2. The van der Waals surface area contributed by atoms with Gasteiger partial charge in [-0.2, -0.15) is 0 Å². The second-order valence-corrected chi connectivity index (χ2v) is 8.89. The highest BCUT2D eigenvalue weighted by atomic mass is 32.1. The lowest BCUT2D eigenvalue weighted by atomic mass is 9.96. The summed E-state index contributed by atoms with van der Waals surface area (Å²) < 4.78 is 2.10. The van der Waals surface area contributed by atoms with Crippen LogP contribution in [0.4, 0.5) is 5.69 Å². The second kappa shape index (κ2) is 8.88. The Kier molecular flexibility index (Phi) is 5.74. The van der Waals surface area contributed by atoms with E-state index in [1.807, 2.05) is 61.2 Å². The van der Waals surface area contributed by atoms with Crippen LogP contribution < -0.4 is 10.2 Å². The molecule has 8 heteroatoms. The third kappa shape index (κ3) is 3.91. The zero-order chi connectivity index (χ0) is 24.7. The van der Waals surface area contributed by atoms with Crippen LogP contribution in [0.15, 0.2) is 79.0 Å². The Balaban J connectivity index is 1.67. The number of rotatable bonds is 5. The molecule has 3 heterocycles. The van der Waals surface area contributed by atoms with Gasteiger partial charge in [-0.1, -0.05) is 18.2 Å². The topological polar surface area (TPSA) is 90.6 Å². The molecule has 0 unspecified atom stereocenters. The van der Waals surface area contributed by atoms with Crippen molar-refractivity contribution >= 4 is 29.0 Å². The fraction of sp³-hybridized carbons (Fsp3) is 0.148. The number of aryl methyl sites for hydroxylation is 1. The van der Waals surface area contributed by atoms with E-state index in [4.69, 9.17) is 12.2 Å². The maximum absolute atomic E-state index is 11.3. The first-order valence-electron chi connectivity index (χ1n) is 11.2. The molecule has 35 heavy (non-hydrogen) atoms. The van der Waals surface area contributed by atoms with E-state index < -0.39 is 5.97 Å². The lowest BCUT2D eigenvalue weighted by Crippen LogP contribution is -2.29. The molecule has 1 aliphatic heterocycles. The Bertz CT molecular complexity index is 1420. The van der Waals surface area contributed by atoms with Gasteiger partial charge in [-0.15, -0.1) is 0 Å². The number of hydrogen-bond donors (Lipinski definition) is 3. The number of phenolic OH excluding ortho intramolecular Hbond substituents is 1. The van der Waals surface area contributed by atoms with Crippen LogP contribution in [0.3, 0.4) is 0 Å². The number of aromatic nitrogens is 2. The minimum atomic E-state index is -0.958. The van der Waals surface area contributed by atoms with Gasteiger partial charge in [-0.05, 0) is 86.2 Å². The van der Waals surface area contributed by atoms with Crippen LogP contribution >= 0.6 is 12.2 Å². The summed E-state index contributed by atoms with van der Waals surface area (Å²) in [6, 6.07) is 21.4. The number of carboxylic acid groups (broad SMARTS) is 1. The summed E-state index contributed by atoms with van der Waals surface area (Å²) in [6.45, 7) is 4.05. The van der Waals surface area contributed by atoms with Gasteiger partial charge in [0.2, 0.25) is 0 Å². The van der Waals surface area contributed by atoms with Crippen molar-refractivity contribution in [2.75, 3.05) is 4.90 Å². The average Bonchev–Trinajstić information content (AvgIpc) is 3.35. The highest BCUT2D eigenvalue weighted by Gasteiger charge is 2.43. The monoisotopic (exact) mass is 484 g/mol. The second-order valence-electron chi connectivity index (χ2n) is 8.50. The Labute approximate surface area is 208 Å². The van der Waals surface area contributed by atoms with E-state index in [-0.39, 0.29) is 23.4 Å². The molecule has 0 aliphatic carbocycles. The molecule has 2 aromatic carbocycles. The predicted molar refractivity (Wildman–Crippen MR) is 138 cm³/mol. The molecule has 176 valence electrons. The number of carboxylic acids is 1. The number of nitrogens with zero attached hydrogens (tertiary/aromatic N) is 3. The number of hydrogen-bond acceptors (Lipinski definition) is 4. The largest absolute Gasteiger partial charge is 0.506 e. The zero-order valence-electron chi connectivity index (χ0n) is 19.2. The lowest BCUT2D eigenvalue weighted by Gasteiger charge is -2.28. The Hall–Kier alpha value is -4.17. The minimum Gasteiger partial charge on any atom is -0.506 e. The summed E-state index contributed by atoms with van der Waals surface area (Å²) in [6.07, 6.45) is 1.76. The molecule has 2 atom stereocenters. The number of phenols is 1. The number of carbonyl (C=O) groups is 1. The SMILES string of the molecule is Cc1cc([C@H]2[C@@H](c3ccccn3)NC(=S)N2c2ccccc2O)c(C)n1-c1ccc(C(=O)O)cc1. The normalized spacial score (nSPS) is 17.4. The van der Waals surface area contributed by atoms with E-state index in [0.29, 0.717) is 10.8 Å². The summed E-state index contributed by atoms with van der Waals surface area (Å²) >= 11 is 5.76. The summed E-state index contributed by atoms with van der Waals surface area (Å²) in [5, 5.41) is 23.9. The lowest BCUT2D eigenvalue weighted by molar-refractivity contribution is 0.0697.